The van der Waals surface area contributed by atoms with E-state index in [9.17, 15) is 4.79 Å². The summed E-state index contributed by atoms with van der Waals surface area (Å²) < 4.78 is 5.20. The Bertz CT molecular complexity index is 399. The Morgan fingerprint density at radius 3 is 2.63 bits per heavy atom. The molecule has 0 spiro atoms. The quantitative estimate of drug-likeness (QED) is 0.710. The molecule has 1 rings (SSSR count). The van der Waals surface area contributed by atoms with E-state index in [-0.39, 0.29) is 18.4 Å². The standard InChI is InChI=1S/C14H24N2O3/c1-10(2)13-12(11(3)16-19-13)14(18)15-8-6-4-5-7-9-17/h10,17H,4-9H2,1-3H3,(H,15,18). The zero-order valence-corrected chi connectivity index (χ0v) is 12.0. The van der Waals surface area contributed by atoms with Gasteiger partial charge >= 0.3 is 0 Å². The monoisotopic (exact) mass is 268 g/mol. The highest BCUT2D eigenvalue weighted by Gasteiger charge is 2.21. The fraction of sp³-hybridized carbons (Fsp3) is 0.714. The SMILES string of the molecule is Cc1noc(C(C)C)c1C(=O)NCCCCCCO. The molecule has 0 unspecified atom stereocenters. The van der Waals surface area contributed by atoms with Gasteiger partial charge in [0.25, 0.3) is 5.91 Å². The van der Waals surface area contributed by atoms with Gasteiger partial charge in [-0.3, -0.25) is 4.79 Å². The molecule has 1 heterocycles. The van der Waals surface area contributed by atoms with E-state index in [1.165, 1.54) is 0 Å². The second-order valence-corrected chi connectivity index (χ2v) is 5.06. The van der Waals surface area contributed by atoms with Crippen LogP contribution in [0.5, 0.6) is 0 Å². The van der Waals surface area contributed by atoms with Gasteiger partial charge in [-0.15, -0.1) is 0 Å². The van der Waals surface area contributed by atoms with E-state index in [0.717, 1.165) is 25.7 Å². The van der Waals surface area contributed by atoms with E-state index in [4.69, 9.17) is 9.63 Å². The van der Waals surface area contributed by atoms with Gasteiger partial charge in [0, 0.05) is 19.1 Å². The molecule has 19 heavy (non-hydrogen) atoms. The normalized spacial score (nSPS) is 11.0. The topological polar surface area (TPSA) is 75.4 Å². The number of rotatable bonds is 8. The summed E-state index contributed by atoms with van der Waals surface area (Å²) in [5.41, 5.74) is 1.21. The van der Waals surface area contributed by atoms with Crippen LogP contribution in [0.2, 0.25) is 0 Å². The van der Waals surface area contributed by atoms with Gasteiger partial charge < -0.3 is 14.9 Å². The minimum absolute atomic E-state index is 0.107. The van der Waals surface area contributed by atoms with Crippen molar-refractivity contribution in [3.05, 3.63) is 17.0 Å². The minimum Gasteiger partial charge on any atom is -0.396 e. The van der Waals surface area contributed by atoms with Crippen molar-refractivity contribution in [3.63, 3.8) is 0 Å². The Balaban J connectivity index is 2.43. The largest absolute Gasteiger partial charge is 0.396 e. The molecule has 0 fully saturated rings. The number of nitrogens with zero attached hydrogens (tertiary/aromatic N) is 1. The summed E-state index contributed by atoms with van der Waals surface area (Å²) in [4.78, 5) is 12.1. The number of nitrogens with one attached hydrogen (secondary N) is 1. The van der Waals surface area contributed by atoms with E-state index >= 15 is 0 Å². The van der Waals surface area contributed by atoms with Crippen LogP contribution in [0, 0.1) is 6.92 Å². The van der Waals surface area contributed by atoms with Gasteiger partial charge in [0.05, 0.1) is 5.69 Å². The fourth-order valence-electron chi connectivity index (χ4n) is 1.94. The number of carbonyl (C=O) groups excluding carboxylic acids is 1. The van der Waals surface area contributed by atoms with Crippen LogP contribution in [0.4, 0.5) is 0 Å². The van der Waals surface area contributed by atoms with Crippen LogP contribution >= 0.6 is 0 Å². The fourth-order valence-corrected chi connectivity index (χ4v) is 1.94. The maximum absolute atomic E-state index is 12.1. The van der Waals surface area contributed by atoms with E-state index in [0.29, 0.717) is 23.6 Å². The van der Waals surface area contributed by atoms with Crippen molar-refractivity contribution < 1.29 is 14.4 Å². The van der Waals surface area contributed by atoms with Crippen LogP contribution in [0.1, 0.15) is 67.3 Å². The van der Waals surface area contributed by atoms with Crippen LogP contribution < -0.4 is 5.32 Å². The van der Waals surface area contributed by atoms with Crippen LogP contribution in [0.15, 0.2) is 4.52 Å². The van der Waals surface area contributed by atoms with Crippen LogP contribution in [0.25, 0.3) is 0 Å². The summed E-state index contributed by atoms with van der Waals surface area (Å²) in [5, 5.41) is 15.4. The zero-order chi connectivity index (χ0) is 14.3. The number of hydrogen-bond donors (Lipinski definition) is 2. The van der Waals surface area contributed by atoms with Crippen molar-refractivity contribution in [1.82, 2.24) is 10.5 Å². The highest BCUT2D eigenvalue weighted by atomic mass is 16.5. The lowest BCUT2D eigenvalue weighted by Gasteiger charge is -2.07. The molecule has 108 valence electrons. The summed E-state index contributed by atoms with van der Waals surface area (Å²) in [5.74, 6) is 0.686. The second kappa shape index (κ2) is 7.94. The van der Waals surface area contributed by atoms with Crippen molar-refractivity contribution in [2.24, 2.45) is 0 Å². The molecule has 1 aromatic rings. The lowest BCUT2D eigenvalue weighted by atomic mass is 10.0. The number of amides is 1. The molecule has 0 aliphatic rings. The van der Waals surface area contributed by atoms with Crippen molar-refractivity contribution in [2.45, 2.75) is 52.4 Å². The van der Waals surface area contributed by atoms with Crippen LogP contribution in [0.3, 0.4) is 0 Å². The molecule has 0 radical (unpaired) electrons. The zero-order valence-electron chi connectivity index (χ0n) is 12.0. The Hall–Kier alpha value is -1.36. The number of carbonyl (C=O) groups is 1. The first kappa shape index (κ1) is 15.7. The van der Waals surface area contributed by atoms with Gasteiger partial charge in [-0.2, -0.15) is 0 Å². The third-order valence-electron chi connectivity index (χ3n) is 3.01. The molecule has 0 saturated heterocycles. The van der Waals surface area contributed by atoms with Crippen LogP contribution in [-0.2, 0) is 0 Å². The van der Waals surface area contributed by atoms with E-state index in [2.05, 4.69) is 10.5 Å². The summed E-state index contributed by atoms with van der Waals surface area (Å²) in [6.07, 6.45) is 3.76. The minimum atomic E-state index is -0.107. The highest BCUT2D eigenvalue weighted by molar-refractivity contribution is 5.96. The number of aryl methyl sites for hydroxylation is 1. The van der Waals surface area contributed by atoms with Crippen molar-refractivity contribution in [2.75, 3.05) is 13.2 Å². The number of aromatic nitrogens is 1. The molecule has 0 bridgehead atoms. The van der Waals surface area contributed by atoms with Crippen molar-refractivity contribution >= 4 is 5.91 Å². The van der Waals surface area contributed by atoms with Gasteiger partial charge in [-0.25, -0.2) is 0 Å². The van der Waals surface area contributed by atoms with Gasteiger partial charge in [-0.05, 0) is 19.8 Å². The molecule has 0 aliphatic carbocycles. The molecular weight excluding hydrogens is 244 g/mol. The summed E-state index contributed by atoms with van der Waals surface area (Å²) in [6.45, 7) is 6.62. The van der Waals surface area contributed by atoms with E-state index in [1.807, 2.05) is 13.8 Å². The smallest absolute Gasteiger partial charge is 0.256 e. The average Bonchev–Trinajstić information content (AvgIpc) is 2.75. The van der Waals surface area contributed by atoms with Crippen molar-refractivity contribution in [3.8, 4) is 0 Å². The first-order valence-electron chi connectivity index (χ1n) is 6.93. The Labute approximate surface area is 114 Å². The molecule has 1 aromatic heterocycles. The van der Waals surface area contributed by atoms with Gasteiger partial charge in [0.1, 0.15) is 5.56 Å². The molecule has 0 saturated carbocycles. The third kappa shape index (κ3) is 4.67. The molecule has 0 aromatic carbocycles. The first-order valence-corrected chi connectivity index (χ1v) is 6.93. The molecule has 5 nitrogen and oxygen atoms in total. The molecular formula is C14H24N2O3. The predicted molar refractivity (Wildman–Crippen MR) is 73.2 cm³/mol. The predicted octanol–water partition coefficient (Wildman–Crippen LogP) is 2.39. The Kier molecular flexibility index (Phi) is 6.56. The first-order chi connectivity index (χ1) is 9.07. The van der Waals surface area contributed by atoms with Gasteiger partial charge in [0.15, 0.2) is 5.76 Å². The van der Waals surface area contributed by atoms with Crippen LogP contribution in [-0.4, -0.2) is 29.3 Å². The number of aliphatic hydroxyl groups is 1. The molecule has 0 aliphatic heterocycles. The number of hydrogen-bond acceptors (Lipinski definition) is 4. The Morgan fingerprint density at radius 2 is 2.00 bits per heavy atom. The molecule has 2 N–H and O–H groups in total. The molecule has 1 amide bonds. The molecule has 0 atom stereocenters. The number of unbranched alkanes of at least 4 members (excludes halogenated alkanes) is 3. The third-order valence-corrected chi connectivity index (χ3v) is 3.01. The Morgan fingerprint density at radius 1 is 1.32 bits per heavy atom. The summed E-state index contributed by atoms with van der Waals surface area (Å²) in [7, 11) is 0. The second-order valence-electron chi connectivity index (χ2n) is 5.06. The highest BCUT2D eigenvalue weighted by Crippen LogP contribution is 2.21. The average molecular weight is 268 g/mol. The summed E-state index contributed by atoms with van der Waals surface area (Å²) >= 11 is 0. The molecule has 5 heteroatoms. The lowest BCUT2D eigenvalue weighted by Crippen LogP contribution is -2.25. The maximum atomic E-state index is 12.1. The van der Waals surface area contributed by atoms with Crippen molar-refractivity contribution in [1.29, 1.82) is 0 Å². The lowest BCUT2D eigenvalue weighted by molar-refractivity contribution is 0.0949. The summed E-state index contributed by atoms with van der Waals surface area (Å²) in [6, 6.07) is 0. The van der Waals surface area contributed by atoms with Gasteiger partial charge in [-0.1, -0.05) is 31.8 Å². The van der Waals surface area contributed by atoms with E-state index < -0.39 is 0 Å². The number of aliphatic hydroxyl groups excluding tert-OH is 1. The van der Waals surface area contributed by atoms with Gasteiger partial charge in [0.2, 0.25) is 0 Å². The maximum Gasteiger partial charge on any atom is 0.256 e. The van der Waals surface area contributed by atoms with E-state index in [1.54, 1.807) is 6.92 Å².